The van der Waals surface area contributed by atoms with Crippen LogP contribution in [0.4, 0.5) is 0 Å². The lowest BCUT2D eigenvalue weighted by atomic mass is 9.85. The Bertz CT molecular complexity index is 2310. The second-order valence-electron chi connectivity index (χ2n) is 12.4. The van der Waals surface area contributed by atoms with Crippen molar-refractivity contribution in [3.8, 4) is 44.5 Å². The maximum atomic E-state index is 2.42. The molecule has 0 nitrogen and oxygen atoms in total. The van der Waals surface area contributed by atoms with Gasteiger partial charge in [-0.05, 0) is 101 Å². The molecule has 58 heavy (non-hydrogen) atoms. The van der Waals surface area contributed by atoms with Crippen LogP contribution in [0.15, 0.2) is 170 Å². The van der Waals surface area contributed by atoms with E-state index in [9.17, 15) is 0 Å². The first-order valence-corrected chi connectivity index (χ1v) is 22.2. The van der Waals surface area contributed by atoms with Crippen LogP contribution in [0.5, 0.6) is 0 Å². The van der Waals surface area contributed by atoms with Crippen molar-refractivity contribution in [3.05, 3.63) is 192 Å². The van der Waals surface area contributed by atoms with Gasteiger partial charge in [-0.15, -0.1) is 0 Å². The second kappa shape index (κ2) is 24.8. The molecule has 0 unspecified atom stereocenters. The molecular weight excluding hydrogens is 697 g/mol. The van der Waals surface area contributed by atoms with Gasteiger partial charge < -0.3 is 0 Å². The molecule has 10 rings (SSSR count). The first kappa shape index (κ1) is 46.7. The van der Waals surface area contributed by atoms with Gasteiger partial charge in [-0.3, -0.25) is 0 Å². The van der Waals surface area contributed by atoms with E-state index in [-0.39, 0.29) is 0 Å². The highest BCUT2D eigenvalue weighted by atomic mass is 14.2. The van der Waals surface area contributed by atoms with Gasteiger partial charge in [-0.1, -0.05) is 253 Å². The quantitative estimate of drug-likeness (QED) is 0.154. The molecule has 0 heteroatoms. The minimum atomic E-state index is 1.01. The molecule has 8 aromatic carbocycles. The molecule has 0 heterocycles. The van der Waals surface area contributed by atoms with Crippen molar-refractivity contribution < 1.29 is 0 Å². The summed E-state index contributed by atoms with van der Waals surface area (Å²) in [6.07, 6.45) is 2.11. The van der Waals surface area contributed by atoms with E-state index >= 15 is 0 Å². The summed E-state index contributed by atoms with van der Waals surface area (Å²) in [6.45, 7) is 24.0. The Morgan fingerprint density at radius 3 is 0.931 bits per heavy atom. The Hall–Kier alpha value is -5.72. The van der Waals surface area contributed by atoms with Gasteiger partial charge in [-0.25, -0.2) is 0 Å². The number of rotatable bonds is 2. The van der Waals surface area contributed by atoms with E-state index in [0.717, 1.165) is 12.8 Å². The molecule has 0 N–H and O–H groups in total. The lowest BCUT2D eigenvalue weighted by Gasteiger charge is -2.18. The summed E-state index contributed by atoms with van der Waals surface area (Å²) < 4.78 is 0. The molecule has 2 aliphatic carbocycles. The molecular formula is C58H68. The number of hydrogen-bond acceptors (Lipinski definition) is 0. The Labute approximate surface area is 352 Å². The van der Waals surface area contributed by atoms with E-state index in [1.54, 1.807) is 0 Å². The predicted molar refractivity (Wildman–Crippen MR) is 263 cm³/mol. The molecule has 0 aliphatic heterocycles. The lowest BCUT2D eigenvalue weighted by molar-refractivity contribution is 1.26. The molecule has 0 bridgehead atoms. The van der Waals surface area contributed by atoms with Crippen molar-refractivity contribution in [2.45, 2.75) is 95.9 Å². The summed E-state index contributed by atoms with van der Waals surface area (Å²) in [5.74, 6) is 0. The minimum Gasteiger partial charge on any atom is -0.0683 e. The lowest BCUT2D eigenvalue weighted by Crippen LogP contribution is -1.91. The van der Waals surface area contributed by atoms with Crippen LogP contribution in [-0.2, 0) is 12.8 Å². The Morgan fingerprint density at radius 2 is 0.534 bits per heavy atom. The second-order valence-corrected chi connectivity index (χ2v) is 12.4. The molecule has 2 aliphatic rings. The Balaban J connectivity index is 0.000000300. The smallest absolute Gasteiger partial charge is 0.00132 e. The van der Waals surface area contributed by atoms with Gasteiger partial charge >= 0.3 is 0 Å². The van der Waals surface area contributed by atoms with Crippen molar-refractivity contribution >= 4 is 21.5 Å². The summed E-state index contributed by atoms with van der Waals surface area (Å²) in [4.78, 5) is 0. The van der Waals surface area contributed by atoms with Gasteiger partial charge in [0, 0.05) is 0 Å². The maximum absolute atomic E-state index is 2.42. The van der Waals surface area contributed by atoms with Crippen molar-refractivity contribution in [3.63, 3.8) is 0 Å². The van der Waals surface area contributed by atoms with E-state index in [1.807, 2.05) is 83.1 Å². The molecule has 8 aromatic rings. The van der Waals surface area contributed by atoms with Crippen molar-refractivity contribution in [2.75, 3.05) is 0 Å². The molecule has 0 atom stereocenters. The fourth-order valence-corrected chi connectivity index (χ4v) is 7.74. The van der Waals surface area contributed by atoms with E-state index in [4.69, 9.17) is 0 Å². The summed E-state index contributed by atoms with van der Waals surface area (Å²) in [6, 6.07) is 61.7. The van der Waals surface area contributed by atoms with Crippen LogP contribution in [0.3, 0.4) is 0 Å². The molecule has 0 saturated carbocycles. The zero-order valence-corrected chi connectivity index (χ0v) is 37.6. The van der Waals surface area contributed by atoms with Crippen LogP contribution in [0.1, 0.15) is 105 Å². The van der Waals surface area contributed by atoms with Crippen LogP contribution in [0.25, 0.3) is 66.1 Å². The molecule has 0 fully saturated rings. The first-order chi connectivity index (χ1) is 28.8. The van der Waals surface area contributed by atoms with Gasteiger partial charge in [0.15, 0.2) is 0 Å². The number of fused-ring (bicyclic) bond motifs is 8. The van der Waals surface area contributed by atoms with E-state index in [1.165, 1.54) is 88.3 Å². The van der Waals surface area contributed by atoms with Crippen molar-refractivity contribution in [1.82, 2.24) is 0 Å². The first-order valence-electron chi connectivity index (χ1n) is 22.2. The summed E-state index contributed by atoms with van der Waals surface area (Å²) >= 11 is 0. The molecule has 0 spiro atoms. The van der Waals surface area contributed by atoms with Crippen molar-refractivity contribution in [1.29, 1.82) is 0 Å². The topological polar surface area (TPSA) is 0 Å². The predicted octanol–water partition coefficient (Wildman–Crippen LogP) is 18.3. The van der Waals surface area contributed by atoms with Crippen LogP contribution in [-0.4, -0.2) is 0 Å². The third kappa shape index (κ3) is 10.0. The van der Waals surface area contributed by atoms with Crippen molar-refractivity contribution in [2.24, 2.45) is 0 Å². The molecule has 0 saturated heterocycles. The van der Waals surface area contributed by atoms with Crippen LogP contribution >= 0.6 is 0 Å². The van der Waals surface area contributed by atoms with Crippen LogP contribution < -0.4 is 0 Å². The zero-order valence-electron chi connectivity index (χ0n) is 37.6. The van der Waals surface area contributed by atoms with Gasteiger partial charge in [-0.2, -0.15) is 0 Å². The normalized spacial score (nSPS) is 10.3. The Kier molecular flexibility index (Phi) is 20.0. The van der Waals surface area contributed by atoms with Gasteiger partial charge in [0.25, 0.3) is 0 Å². The Morgan fingerprint density at radius 1 is 0.241 bits per heavy atom. The average molecular weight is 765 g/mol. The molecule has 0 amide bonds. The van der Waals surface area contributed by atoms with E-state index in [0.29, 0.717) is 0 Å². The number of hydrogen-bond donors (Lipinski definition) is 0. The molecule has 0 radical (unpaired) electrons. The fraction of sp³-hybridized carbons (Fsp3) is 0.241. The monoisotopic (exact) mass is 765 g/mol. The summed E-state index contributed by atoms with van der Waals surface area (Å²) in [5, 5.41) is 5.23. The zero-order chi connectivity index (χ0) is 42.5. The number of benzene rings is 8. The van der Waals surface area contributed by atoms with E-state index < -0.39 is 0 Å². The minimum absolute atomic E-state index is 1.01. The van der Waals surface area contributed by atoms with Crippen LogP contribution in [0.2, 0.25) is 0 Å². The van der Waals surface area contributed by atoms with Gasteiger partial charge in [0.1, 0.15) is 0 Å². The average Bonchev–Trinajstić information content (AvgIpc) is 3.91. The molecule has 0 aromatic heterocycles. The third-order valence-electron chi connectivity index (χ3n) is 9.78. The van der Waals surface area contributed by atoms with Gasteiger partial charge in [0.05, 0.1) is 0 Å². The van der Waals surface area contributed by atoms with Crippen LogP contribution in [0, 0.1) is 0 Å². The summed E-state index contributed by atoms with van der Waals surface area (Å²) in [7, 11) is 0. The third-order valence-corrected chi connectivity index (χ3v) is 9.78. The SMILES string of the molecule is CC.CC.CC.CC.CC.CC.c1ccc(-c2c3ccccc3c(-c3ccc4c(c3)Cc3ccccc3-4)c3ccccc23)cc1.c1ccc2c(c1)Cc1ccccc1-2. The standard InChI is InChI=1S/C33H22.C13H10.6C2H6/c1-2-10-22(11-3-1)32-28-14-6-8-16-30(28)33(31-17-9-7-15-29(31)32)24-18-19-27-25(21-24)20-23-12-4-5-13-26(23)27;1-3-7-12-10(5-1)9-11-6-2-4-8-13(11)12;6*1-2/h1-19,21H,20H2;1-8H,9H2;6*1-2H3. The molecule has 300 valence electrons. The highest BCUT2D eigenvalue weighted by Gasteiger charge is 2.21. The largest absolute Gasteiger partial charge is 0.0683 e. The fourth-order valence-electron chi connectivity index (χ4n) is 7.74. The van der Waals surface area contributed by atoms with E-state index in [2.05, 4.69) is 170 Å². The van der Waals surface area contributed by atoms with Gasteiger partial charge in [0.2, 0.25) is 0 Å². The maximum Gasteiger partial charge on any atom is -0.00132 e. The summed E-state index contributed by atoms with van der Waals surface area (Å²) in [5.41, 5.74) is 16.6. The highest BCUT2D eigenvalue weighted by Crippen LogP contribution is 2.45. The highest BCUT2D eigenvalue weighted by molar-refractivity contribution is 6.21.